The molecule has 1 amide bonds. The van der Waals surface area contributed by atoms with E-state index in [0.29, 0.717) is 11.9 Å². The van der Waals surface area contributed by atoms with Gasteiger partial charge in [-0.05, 0) is 39.0 Å². The fraction of sp³-hybridized carbons (Fsp3) is 0.909. The maximum absolute atomic E-state index is 12.0. The maximum atomic E-state index is 12.0. The number of likely N-dealkylation sites (tertiary alicyclic amines) is 1. The Morgan fingerprint density at radius 3 is 2.57 bits per heavy atom. The van der Waals surface area contributed by atoms with Gasteiger partial charge in [0.25, 0.3) is 0 Å². The lowest BCUT2D eigenvalue weighted by molar-refractivity contribution is -0.133. The normalized spacial score (nSPS) is 33.4. The van der Waals surface area contributed by atoms with Gasteiger partial charge in [0.05, 0.1) is 6.04 Å². The quantitative estimate of drug-likeness (QED) is 0.682. The van der Waals surface area contributed by atoms with E-state index < -0.39 is 0 Å². The van der Waals surface area contributed by atoms with Crippen LogP contribution in [-0.2, 0) is 4.79 Å². The Balaban J connectivity index is 1.89. The summed E-state index contributed by atoms with van der Waals surface area (Å²) in [5.74, 6) is 0.342. The zero-order valence-corrected chi connectivity index (χ0v) is 8.96. The Labute approximate surface area is 85.8 Å². The van der Waals surface area contributed by atoms with E-state index in [0.717, 1.165) is 19.5 Å². The number of nitrogens with one attached hydrogen (secondary N) is 1. The molecule has 0 spiro atoms. The first kappa shape index (κ1) is 9.97. The van der Waals surface area contributed by atoms with Crippen molar-refractivity contribution >= 4 is 5.91 Å². The van der Waals surface area contributed by atoms with Gasteiger partial charge in [0, 0.05) is 19.1 Å². The second kappa shape index (κ2) is 4.30. The number of piperidine rings is 1. The smallest absolute Gasteiger partial charge is 0.239 e. The molecule has 0 radical (unpaired) electrons. The van der Waals surface area contributed by atoms with E-state index in [9.17, 15) is 4.79 Å². The summed E-state index contributed by atoms with van der Waals surface area (Å²) in [5, 5.41) is 3.40. The highest BCUT2D eigenvalue weighted by atomic mass is 16.2. The molecular formula is C11H20N2O. The molecule has 0 bridgehead atoms. The summed E-state index contributed by atoms with van der Waals surface area (Å²) < 4.78 is 0. The van der Waals surface area contributed by atoms with Crippen molar-refractivity contribution in [3.8, 4) is 0 Å². The largest absolute Gasteiger partial charge is 0.341 e. The molecule has 3 heteroatoms. The van der Waals surface area contributed by atoms with Crippen LogP contribution in [0, 0.1) is 0 Å². The van der Waals surface area contributed by atoms with Gasteiger partial charge in [-0.1, -0.05) is 0 Å². The Bertz CT molecular complexity index is 211. The number of carbonyl (C=O) groups is 1. The van der Waals surface area contributed by atoms with Crippen LogP contribution in [0.3, 0.4) is 0 Å². The number of carbonyl (C=O) groups excluding carboxylic acids is 1. The maximum Gasteiger partial charge on any atom is 0.239 e. The van der Waals surface area contributed by atoms with Crippen molar-refractivity contribution in [2.24, 2.45) is 0 Å². The molecule has 0 aliphatic carbocycles. The van der Waals surface area contributed by atoms with Gasteiger partial charge < -0.3 is 10.2 Å². The highest BCUT2D eigenvalue weighted by Gasteiger charge is 2.29. The fourth-order valence-electron chi connectivity index (χ4n) is 2.49. The van der Waals surface area contributed by atoms with Gasteiger partial charge in [-0.3, -0.25) is 4.79 Å². The van der Waals surface area contributed by atoms with E-state index in [4.69, 9.17) is 0 Å². The number of hydrogen-bond donors (Lipinski definition) is 1. The van der Waals surface area contributed by atoms with Gasteiger partial charge >= 0.3 is 0 Å². The Morgan fingerprint density at radius 1 is 1.21 bits per heavy atom. The average molecular weight is 196 g/mol. The molecule has 80 valence electrons. The van der Waals surface area contributed by atoms with E-state index in [2.05, 4.69) is 12.2 Å². The standard InChI is InChI=1S/C11H20N2O/c1-9-5-4-6-10(12-9)11(14)13-7-2-3-8-13/h9-10,12H,2-8H2,1H3/t9-,10+/m1/s1. The van der Waals surface area contributed by atoms with Gasteiger partial charge in [0.2, 0.25) is 5.91 Å². The monoisotopic (exact) mass is 196 g/mol. The van der Waals surface area contributed by atoms with E-state index in [1.165, 1.54) is 25.7 Å². The lowest BCUT2D eigenvalue weighted by atomic mass is 9.99. The van der Waals surface area contributed by atoms with Crippen LogP contribution in [0.4, 0.5) is 0 Å². The third kappa shape index (κ3) is 2.08. The van der Waals surface area contributed by atoms with E-state index >= 15 is 0 Å². The molecule has 2 heterocycles. The van der Waals surface area contributed by atoms with Crippen LogP contribution in [0.1, 0.15) is 39.0 Å². The van der Waals surface area contributed by atoms with Crippen molar-refractivity contribution in [3.05, 3.63) is 0 Å². The molecule has 0 aromatic heterocycles. The van der Waals surface area contributed by atoms with Crippen molar-refractivity contribution in [2.75, 3.05) is 13.1 Å². The summed E-state index contributed by atoms with van der Waals surface area (Å²) in [6.07, 6.45) is 5.81. The summed E-state index contributed by atoms with van der Waals surface area (Å²) in [4.78, 5) is 14.0. The molecular weight excluding hydrogens is 176 g/mol. The Morgan fingerprint density at radius 2 is 1.93 bits per heavy atom. The van der Waals surface area contributed by atoms with Crippen molar-refractivity contribution < 1.29 is 4.79 Å². The van der Waals surface area contributed by atoms with Gasteiger partial charge in [-0.2, -0.15) is 0 Å². The molecule has 0 unspecified atom stereocenters. The molecule has 3 nitrogen and oxygen atoms in total. The average Bonchev–Trinajstić information content (AvgIpc) is 2.69. The lowest BCUT2D eigenvalue weighted by Crippen LogP contribution is -2.50. The molecule has 1 N–H and O–H groups in total. The Hall–Kier alpha value is -0.570. The van der Waals surface area contributed by atoms with Gasteiger partial charge in [-0.15, -0.1) is 0 Å². The van der Waals surface area contributed by atoms with Crippen LogP contribution in [0.25, 0.3) is 0 Å². The highest BCUT2D eigenvalue weighted by Crippen LogP contribution is 2.16. The molecule has 14 heavy (non-hydrogen) atoms. The van der Waals surface area contributed by atoms with Crippen molar-refractivity contribution in [2.45, 2.75) is 51.1 Å². The van der Waals surface area contributed by atoms with Crippen molar-refractivity contribution in [1.29, 1.82) is 0 Å². The molecule has 0 aromatic carbocycles. The minimum absolute atomic E-state index is 0.108. The van der Waals surface area contributed by atoms with Crippen LogP contribution < -0.4 is 5.32 Å². The highest BCUT2D eigenvalue weighted by molar-refractivity contribution is 5.82. The number of hydrogen-bond acceptors (Lipinski definition) is 2. The van der Waals surface area contributed by atoms with Crippen LogP contribution in [-0.4, -0.2) is 36.0 Å². The zero-order valence-electron chi connectivity index (χ0n) is 8.96. The minimum Gasteiger partial charge on any atom is -0.341 e. The lowest BCUT2D eigenvalue weighted by Gasteiger charge is -2.30. The van der Waals surface area contributed by atoms with Crippen LogP contribution in [0.15, 0.2) is 0 Å². The first-order valence-corrected chi connectivity index (χ1v) is 5.82. The first-order chi connectivity index (χ1) is 6.77. The van der Waals surface area contributed by atoms with Crippen molar-refractivity contribution in [1.82, 2.24) is 10.2 Å². The summed E-state index contributed by atoms with van der Waals surface area (Å²) in [5.41, 5.74) is 0. The molecule has 2 aliphatic rings. The molecule has 2 saturated heterocycles. The van der Waals surface area contributed by atoms with Crippen LogP contribution >= 0.6 is 0 Å². The minimum atomic E-state index is 0.108. The molecule has 2 rings (SSSR count). The summed E-state index contributed by atoms with van der Waals surface area (Å²) >= 11 is 0. The van der Waals surface area contributed by atoms with E-state index in [-0.39, 0.29) is 6.04 Å². The second-order valence-corrected chi connectivity index (χ2v) is 4.58. The number of nitrogens with zero attached hydrogens (tertiary/aromatic N) is 1. The molecule has 2 aliphatic heterocycles. The van der Waals surface area contributed by atoms with Crippen molar-refractivity contribution in [3.63, 3.8) is 0 Å². The third-order valence-electron chi connectivity index (χ3n) is 3.33. The van der Waals surface area contributed by atoms with Crippen LogP contribution in [0.2, 0.25) is 0 Å². The number of amides is 1. The van der Waals surface area contributed by atoms with E-state index in [1.54, 1.807) is 0 Å². The molecule has 2 fully saturated rings. The zero-order chi connectivity index (χ0) is 9.97. The number of rotatable bonds is 1. The van der Waals surface area contributed by atoms with E-state index in [1.807, 2.05) is 4.90 Å². The van der Waals surface area contributed by atoms with Gasteiger partial charge in [-0.25, -0.2) is 0 Å². The van der Waals surface area contributed by atoms with Crippen LogP contribution in [0.5, 0.6) is 0 Å². The molecule has 0 saturated carbocycles. The fourth-order valence-corrected chi connectivity index (χ4v) is 2.49. The predicted molar refractivity (Wildman–Crippen MR) is 56.1 cm³/mol. The van der Waals surface area contributed by atoms with Gasteiger partial charge in [0.1, 0.15) is 0 Å². The predicted octanol–water partition coefficient (Wildman–Crippen LogP) is 1.14. The Kier molecular flexibility index (Phi) is 3.06. The summed E-state index contributed by atoms with van der Waals surface area (Å²) in [6.45, 7) is 4.13. The second-order valence-electron chi connectivity index (χ2n) is 4.58. The first-order valence-electron chi connectivity index (χ1n) is 5.82. The molecule has 0 aromatic rings. The third-order valence-corrected chi connectivity index (χ3v) is 3.33. The SMILES string of the molecule is C[C@@H]1CCC[C@@H](C(=O)N2CCCC2)N1. The summed E-state index contributed by atoms with van der Waals surface area (Å²) in [7, 11) is 0. The molecule has 2 atom stereocenters. The summed E-state index contributed by atoms with van der Waals surface area (Å²) in [6, 6.07) is 0.622. The van der Waals surface area contributed by atoms with Gasteiger partial charge in [0.15, 0.2) is 0 Å². The topological polar surface area (TPSA) is 32.3 Å².